The minimum absolute atomic E-state index is 0.120. The van der Waals surface area contributed by atoms with Gasteiger partial charge in [-0.1, -0.05) is 32.1 Å². The number of nitrogens with two attached hydrogens (primary N) is 1. The minimum Gasteiger partial charge on any atom is -0.382 e. The van der Waals surface area contributed by atoms with Crippen LogP contribution in [0.15, 0.2) is 6.07 Å². The lowest BCUT2D eigenvalue weighted by Crippen LogP contribution is -2.26. The van der Waals surface area contributed by atoms with Crippen LogP contribution in [0.5, 0.6) is 0 Å². The molecule has 0 spiro atoms. The highest BCUT2D eigenvalue weighted by atomic mass is 16.1. The quantitative estimate of drug-likeness (QED) is 0.743. The number of carbonyl (C=O) groups excluding carboxylic acids is 1. The third-order valence-corrected chi connectivity index (χ3v) is 3.41. The van der Waals surface area contributed by atoms with Crippen molar-refractivity contribution in [3.63, 3.8) is 0 Å². The van der Waals surface area contributed by atoms with Crippen molar-refractivity contribution >= 4 is 11.7 Å². The molecular weight excluding hydrogens is 216 g/mol. The molecular formula is C12H20N4O. The summed E-state index contributed by atoms with van der Waals surface area (Å²) in [5.41, 5.74) is 5.88. The number of aromatic nitrogens is 2. The zero-order valence-corrected chi connectivity index (χ0v) is 10.0. The monoisotopic (exact) mass is 236 g/mol. The molecule has 17 heavy (non-hydrogen) atoms. The summed E-state index contributed by atoms with van der Waals surface area (Å²) < 4.78 is 0. The van der Waals surface area contributed by atoms with Crippen LogP contribution in [0.4, 0.5) is 5.82 Å². The van der Waals surface area contributed by atoms with Gasteiger partial charge in [-0.05, 0) is 12.3 Å². The molecule has 1 aliphatic carbocycles. The fraction of sp³-hybridized carbons (Fsp3) is 0.667. The number of carbonyl (C=O) groups is 1. The summed E-state index contributed by atoms with van der Waals surface area (Å²) in [6.45, 7) is 0.739. The normalized spacial score (nSPS) is 16.9. The maximum Gasteiger partial charge on any atom is 0.269 e. The second kappa shape index (κ2) is 5.70. The number of rotatable bonds is 4. The summed E-state index contributed by atoms with van der Waals surface area (Å²) in [7, 11) is 0. The third kappa shape index (κ3) is 3.47. The van der Waals surface area contributed by atoms with Crippen LogP contribution in [-0.4, -0.2) is 22.6 Å². The van der Waals surface area contributed by atoms with E-state index in [0.29, 0.717) is 11.5 Å². The van der Waals surface area contributed by atoms with Gasteiger partial charge in [0.1, 0.15) is 11.5 Å². The highest BCUT2D eigenvalue weighted by Gasteiger charge is 2.14. The van der Waals surface area contributed by atoms with E-state index in [-0.39, 0.29) is 5.91 Å². The number of nitrogens with zero attached hydrogens (tertiary/aromatic N) is 1. The average molecular weight is 236 g/mol. The SMILES string of the molecule is Nc1cc(C(=O)NCCC2CCCCC2)[nH]n1. The van der Waals surface area contributed by atoms with E-state index < -0.39 is 0 Å². The number of hydrogen-bond acceptors (Lipinski definition) is 3. The Bertz CT molecular complexity index is 368. The fourth-order valence-electron chi connectivity index (χ4n) is 2.41. The van der Waals surface area contributed by atoms with Gasteiger partial charge < -0.3 is 11.1 Å². The van der Waals surface area contributed by atoms with Gasteiger partial charge in [-0.2, -0.15) is 5.10 Å². The van der Waals surface area contributed by atoms with Gasteiger partial charge in [0.15, 0.2) is 0 Å². The molecule has 1 aromatic heterocycles. The van der Waals surface area contributed by atoms with Gasteiger partial charge in [-0.25, -0.2) is 0 Å². The van der Waals surface area contributed by atoms with Crippen LogP contribution < -0.4 is 11.1 Å². The molecule has 94 valence electrons. The van der Waals surface area contributed by atoms with Crippen LogP contribution in [0, 0.1) is 5.92 Å². The molecule has 1 heterocycles. The maximum atomic E-state index is 11.7. The van der Waals surface area contributed by atoms with Crippen molar-refractivity contribution in [2.75, 3.05) is 12.3 Å². The van der Waals surface area contributed by atoms with Crippen molar-refractivity contribution < 1.29 is 4.79 Å². The lowest BCUT2D eigenvalue weighted by Gasteiger charge is -2.21. The number of nitrogen functional groups attached to an aromatic ring is 1. The Hall–Kier alpha value is -1.52. The van der Waals surface area contributed by atoms with Crippen LogP contribution in [0.2, 0.25) is 0 Å². The summed E-state index contributed by atoms with van der Waals surface area (Å²) in [5.74, 6) is 1.02. The molecule has 0 aromatic carbocycles. The van der Waals surface area contributed by atoms with E-state index in [1.807, 2.05) is 0 Å². The number of nitrogens with one attached hydrogen (secondary N) is 2. The molecule has 5 nitrogen and oxygen atoms in total. The van der Waals surface area contributed by atoms with Gasteiger partial charge in [0.05, 0.1) is 0 Å². The number of H-pyrrole nitrogens is 1. The second-order valence-electron chi connectivity index (χ2n) is 4.76. The first-order chi connectivity index (χ1) is 8.25. The topological polar surface area (TPSA) is 83.8 Å². The van der Waals surface area contributed by atoms with Crippen molar-refractivity contribution in [1.82, 2.24) is 15.5 Å². The average Bonchev–Trinajstić information content (AvgIpc) is 2.77. The Morgan fingerprint density at radius 1 is 1.47 bits per heavy atom. The Labute approximate surface area is 101 Å². The van der Waals surface area contributed by atoms with E-state index in [1.54, 1.807) is 6.07 Å². The third-order valence-electron chi connectivity index (χ3n) is 3.41. The molecule has 0 atom stereocenters. The molecule has 0 radical (unpaired) electrons. The molecule has 1 fully saturated rings. The number of amides is 1. The molecule has 1 amide bonds. The van der Waals surface area contributed by atoms with E-state index in [2.05, 4.69) is 15.5 Å². The van der Waals surface area contributed by atoms with E-state index in [0.717, 1.165) is 18.9 Å². The van der Waals surface area contributed by atoms with Gasteiger partial charge in [0.25, 0.3) is 5.91 Å². The van der Waals surface area contributed by atoms with Crippen molar-refractivity contribution in [3.8, 4) is 0 Å². The van der Waals surface area contributed by atoms with Crippen molar-refractivity contribution in [1.29, 1.82) is 0 Å². The maximum absolute atomic E-state index is 11.7. The van der Waals surface area contributed by atoms with Crippen LogP contribution in [0.3, 0.4) is 0 Å². The zero-order chi connectivity index (χ0) is 12.1. The summed E-state index contributed by atoms with van der Waals surface area (Å²) in [6, 6.07) is 1.55. The summed E-state index contributed by atoms with van der Waals surface area (Å²) in [6.07, 6.45) is 7.76. The van der Waals surface area contributed by atoms with Gasteiger partial charge in [-0.3, -0.25) is 9.89 Å². The highest BCUT2D eigenvalue weighted by molar-refractivity contribution is 5.92. The number of hydrogen-bond donors (Lipinski definition) is 3. The lowest BCUT2D eigenvalue weighted by atomic mass is 9.87. The van der Waals surface area contributed by atoms with Gasteiger partial charge in [0, 0.05) is 12.6 Å². The predicted octanol–water partition coefficient (Wildman–Crippen LogP) is 1.69. The Kier molecular flexibility index (Phi) is 4.01. The van der Waals surface area contributed by atoms with E-state index in [4.69, 9.17) is 5.73 Å². The van der Waals surface area contributed by atoms with Crippen LogP contribution >= 0.6 is 0 Å². The molecule has 5 heteroatoms. The zero-order valence-electron chi connectivity index (χ0n) is 10.0. The Morgan fingerprint density at radius 2 is 2.24 bits per heavy atom. The lowest BCUT2D eigenvalue weighted by molar-refractivity contribution is 0.0945. The summed E-state index contributed by atoms with van der Waals surface area (Å²) >= 11 is 0. The molecule has 0 unspecified atom stereocenters. The first kappa shape index (κ1) is 12.0. The van der Waals surface area contributed by atoms with Gasteiger partial charge in [-0.15, -0.1) is 0 Å². The first-order valence-electron chi connectivity index (χ1n) is 6.35. The van der Waals surface area contributed by atoms with E-state index >= 15 is 0 Å². The summed E-state index contributed by atoms with van der Waals surface area (Å²) in [4.78, 5) is 11.7. The molecule has 1 saturated carbocycles. The highest BCUT2D eigenvalue weighted by Crippen LogP contribution is 2.25. The van der Waals surface area contributed by atoms with Crippen LogP contribution in [-0.2, 0) is 0 Å². The Balaban J connectivity index is 1.69. The van der Waals surface area contributed by atoms with Crippen molar-refractivity contribution in [2.24, 2.45) is 5.92 Å². The second-order valence-corrected chi connectivity index (χ2v) is 4.76. The van der Waals surface area contributed by atoms with Gasteiger partial charge >= 0.3 is 0 Å². The van der Waals surface area contributed by atoms with Crippen molar-refractivity contribution in [3.05, 3.63) is 11.8 Å². The van der Waals surface area contributed by atoms with Crippen molar-refractivity contribution in [2.45, 2.75) is 38.5 Å². The van der Waals surface area contributed by atoms with E-state index in [1.165, 1.54) is 32.1 Å². The molecule has 0 bridgehead atoms. The summed E-state index contributed by atoms with van der Waals surface area (Å²) in [5, 5.41) is 9.23. The Morgan fingerprint density at radius 3 is 2.88 bits per heavy atom. The van der Waals surface area contributed by atoms with Crippen LogP contribution in [0.25, 0.3) is 0 Å². The molecule has 0 aliphatic heterocycles. The van der Waals surface area contributed by atoms with Crippen LogP contribution in [0.1, 0.15) is 49.0 Å². The first-order valence-corrected chi connectivity index (χ1v) is 6.35. The molecule has 2 rings (SSSR count). The van der Waals surface area contributed by atoms with Gasteiger partial charge in [0.2, 0.25) is 0 Å². The molecule has 0 saturated heterocycles. The minimum atomic E-state index is -0.120. The number of aromatic amines is 1. The van der Waals surface area contributed by atoms with E-state index in [9.17, 15) is 4.79 Å². The molecule has 4 N–H and O–H groups in total. The molecule has 1 aliphatic rings. The predicted molar refractivity (Wildman–Crippen MR) is 66.5 cm³/mol. The number of anilines is 1. The smallest absolute Gasteiger partial charge is 0.269 e. The molecule has 1 aromatic rings. The standard InChI is InChI=1S/C12H20N4O/c13-11-8-10(15-16-11)12(17)14-7-6-9-4-2-1-3-5-9/h8-9H,1-7H2,(H,14,17)(H3,13,15,16). The fourth-order valence-corrected chi connectivity index (χ4v) is 2.41. The largest absolute Gasteiger partial charge is 0.382 e.